The number of aromatic nitrogens is 3. The van der Waals surface area contributed by atoms with Gasteiger partial charge in [0.1, 0.15) is 5.82 Å². The van der Waals surface area contributed by atoms with Gasteiger partial charge in [-0.3, -0.25) is 9.89 Å². The number of amides is 1. The van der Waals surface area contributed by atoms with Crippen LogP contribution in [0.2, 0.25) is 5.02 Å². The van der Waals surface area contributed by atoms with Crippen molar-refractivity contribution in [2.24, 2.45) is 0 Å². The molecule has 2 aromatic carbocycles. The zero-order chi connectivity index (χ0) is 17.5. The van der Waals surface area contributed by atoms with Crippen LogP contribution in [0, 0.1) is 0 Å². The highest BCUT2D eigenvalue weighted by atomic mass is 35.5. The molecule has 1 heterocycles. The fourth-order valence-electron chi connectivity index (χ4n) is 2.45. The summed E-state index contributed by atoms with van der Waals surface area (Å²) in [6, 6.07) is 17.4. The summed E-state index contributed by atoms with van der Waals surface area (Å²) in [7, 11) is 0. The van der Waals surface area contributed by atoms with E-state index in [2.05, 4.69) is 20.5 Å². The van der Waals surface area contributed by atoms with Crippen LogP contribution in [0.3, 0.4) is 0 Å². The van der Waals surface area contributed by atoms with Crippen molar-refractivity contribution in [3.8, 4) is 11.4 Å². The molecule has 0 bridgehead atoms. The Morgan fingerprint density at radius 3 is 2.56 bits per heavy atom. The van der Waals surface area contributed by atoms with Gasteiger partial charge < -0.3 is 5.32 Å². The summed E-state index contributed by atoms with van der Waals surface area (Å²) >= 11 is 5.88. The molecule has 25 heavy (non-hydrogen) atoms. The quantitative estimate of drug-likeness (QED) is 0.683. The van der Waals surface area contributed by atoms with E-state index in [1.165, 1.54) is 5.56 Å². The summed E-state index contributed by atoms with van der Waals surface area (Å²) in [6.45, 7) is 0.531. The molecule has 0 aliphatic rings. The minimum atomic E-state index is 0.0429. The molecule has 128 valence electrons. The Kier molecular flexibility index (Phi) is 5.80. The average molecular weight is 355 g/mol. The van der Waals surface area contributed by atoms with Gasteiger partial charge in [-0.25, -0.2) is 4.98 Å². The first-order valence-electron chi connectivity index (χ1n) is 8.18. The summed E-state index contributed by atoms with van der Waals surface area (Å²) in [5.74, 6) is 1.41. The molecule has 0 spiro atoms. The molecule has 0 fully saturated rings. The van der Waals surface area contributed by atoms with Gasteiger partial charge in [-0.2, -0.15) is 5.10 Å². The van der Waals surface area contributed by atoms with Crippen molar-refractivity contribution >= 4 is 17.5 Å². The van der Waals surface area contributed by atoms with Gasteiger partial charge in [0.25, 0.3) is 0 Å². The van der Waals surface area contributed by atoms with E-state index < -0.39 is 0 Å². The lowest BCUT2D eigenvalue weighted by atomic mass is 10.1. The number of nitrogens with zero attached hydrogens (tertiary/aromatic N) is 2. The first-order valence-corrected chi connectivity index (χ1v) is 8.56. The summed E-state index contributed by atoms with van der Waals surface area (Å²) in [5.41, 5.74) is 2.07. The first kappa shape index (κ1) is 17.2. The lowest BCUT2D eigenvalue weighted by Crippen LogP contribution is -2.26. The normalized spacial score (nSPS) is 10.6. The second-order valence-corrected chi connectivity index (χ2v) is 6.13. The lowest BCUT2D eigenvalue weighted by molar-refractivity contribution is -0.121. The molecule has 0 unspecified atom stereocenters. The minimum Gasteiger partial charge on any atom is -0.356 e. The molecule has 1 aromatic heterocycles. The van der Waals surface area contributed by atoms with Crippen molar-refractivity contribution in [2.45, 2.75) is 19.3 Å². The Balaban J connectivity index is 1.43. The van der Waals surface area contributed by atoms with E-state index in [0.29, 0.717) is 30.2 Å². The van der Waals surface area contributed by atoms with Crippen LogP contribution >= 0.6 is 11.6 Å². The molecule has 0 saturated heterocycles. The van der Waals surface area contributed by atoms with Gasteiger partial charge in [0.05, 0.1) is 0 Å². The van der Waals surface area contributed by atoms with Crippen LogP contribution in [0.1, 0.15) is 17.8 Å². The second kappa shape index (κ2) is 8.44. The van der Waals surface area contributed by atoms with Crippen molar-refractivity contribution < 1.29 is 4.79 Å². The summed E-state index contributed by atoms with van der Waals surface area (Å²) in [4.78, 5) is 16.3. The number of aryl methyl sites for hydroxylation is 1. The zero-order valence-electron chi connectivity index (χ0n) is 13.7. The zero-order valence-corrected chi connectivity index (χ0v) is 14.5. The van der Waals surface area contributed by atoms with Gasteiger partial charge in [-0.15, -0.1) is 0 Å². The predicted octanol–water partition coefficient (Wildman–Crippen LogP) is 3.42. The number of benzene rings is 2. The van der Waals surface area contributed by atoms with Gasteiger partial charge in [-0.1, -0.05) is 41.9 Å². The van der Waals surface area contributed by atoms with E-state index in [1.54, 1.807) is 12.1 Å². The maximum absolute atomic E-state index is 11.9. The molecule has 6 heteroatoms. The standard InChI is InChI=1S/C19H19ClN4O/c20-16-9-7-15(8-10-16)19-22-17(23-24-19)12-13-21-18(25)11-6-14-4-2-1-3-5-14/h1-5,7-10H,6,11-13H2,(H,21,25)(H,22,23,24). The van der Waals surface area contributed by atoms with Crippen LogP contribution in [0.5, 0.6) is 0 Å². The van der Waals surface area contributed by atoms with E-state index >= 15 is 0 Å². The predicted molar refractivity (Wildman–Crippen MR) is 98.3 cm³/mol. The molecule has 0 aliphatic heterocycles. The number of rotatable bonds is 7. The third kappa shape index (κ3) is 5.16. The number of hydrogen-bond acceptors (Lipinski definition) is 3. The molecule has 3 aromatic rings. The van der Waals surface area contributed by atoms with Gasteiger partial charge in [-0.05, 0) is 36.2 Å². The second-order valence-electron chi connectivity index (χ2n) is 5.70. The molecular weight excluding hydrogens is 336 g/mol. The monoisotopic (exact) mass is 354 g/mol. The Bertz CT molecular complexity index is 815. The third-order valence-corrected chi connectivity index (χ3v) is 4.05. The van der Waals surface area contributed by atoms with Crippen LogP contribution in [0.25, 0.3) is 11.4 Å². The van der Waals surface area contributed by atoms with Crippen molar-refractivity contribution in [3.05, 3.63) is 71.0 Å². The van der Waals surface area contributed by atoms with Gasteiger partial charge in [0.15, 0.2) is 5.82 Å². The molecule has 0 saturated carbocycles. The number of hydrogen-bond donors (Lipinski definition) is 2. The SMILES string of the molecule is O=C(CCc1ccccc1)NCCc1nc(-c2ccc(Cl)cc2)n[nH]1. The number of halogens is 1. The average Bonchev–Trinajstić information content (AvgIpc) is 3.10. The molecular formula is C19H19ClN4O. The van der Waals surface area contributed by atoms with E-state index in [4.69, 9.17) is 11.6 Å². The van der Waals surface area contributed by atoms with Gasteiger partial charge >= 0.3 is 0 Å². The Hall–Kier alpha value is -2.66. The number of carbonyl (C=O) groups is 1. The summed E-state index contributed by atoms with van der Waals surface area (Å²) in [6.07, 6.45) is 1.84. The fourth-order valence-corrected chi connectivity index (χ4v) is 2.57. The van der Waals surface area contributed by atoms with E-state index in [1.807, 2.05) is 42.5 Å². The number of carbonyl (C=O) groups excluding carboxylic acids is 1. The molecule has 3 rings (SSSR count). The number of nitrogens with one attached hydrogen (secondary N) is 2. The highest BCUT2D eigenvalue weighted by Gasteiger charge is 2.07. The van der Waals surface area contributed by atoms with Crippen molar-refractivity contribution in [1.29, 1.82) is 0 Å². The van der Waals surface area contributed by atoms with Crippen LogP contribution in [-0.4, -0.2) is 27.6 Å². The van der Waals surface area contributed by atoms with Crippen LogP contribution in [-0.2, 0) is 17.6 Å². The van der Waals surface area contributed by atoms with Crippen molar-refractivity contribution in [2.75, 3.05) is 6.54 Å². The molecule has 0 atom stereocenters. The molecule has 1 amide bonds. The van der Waals surface area contributed by atoms with Crippen LogP contribution in [0.4, 0.5) is 0 Å². The van der Waals surface area contributed by atoms with Gasteiger partial charge in [0, 0.05) is 30.0 Å². The minimum absolute atomic E-state index is 0.0429. The summed E-state index contributed by atoms with van der Waals surface area (Å²) in [5, 5.41) is 10.7. The Morgan fingerprint density at radius 1 is 1.04 bits per heavy atom. The first-order chi connectivity index (χ1) is 12.2. The van der Waals surface area contributed by atoms with Gasteiger partial charge in [0.2, 0.25) is 5.91 Å². The van der Waals surface area contributed by atoms with Crippen molar-refractivity contribution in [3.63, 3.8) is 0 Å². The van der Waals surface area contributed by atoms with Crippen molar-refractivity contribution in [1.82, 2.24) is 20.5 Å². The Labute approximate surface area is 151 Å². The molecule has 0 radical (unpaired) electrons. The smallest absolute Gasteiger partial charge is 0.220 e. The Morgan fingerprint density at radius 2 is 1.80 bits per heavy atom. The van der Waals surface area contributed by atoms with E-state index in [-0.39, 0.29) is 5.91 Å². The number of aromatic amines is 1. The third-order valence-electron chi connectivity index (χ3n) is 3.80. The molecule has 2 N–H and O–H groups in total. The van der Waals surface area contributed by atoms with E-state index in [9.17, 15) is 4.79 Å². The summed E-state index contributed by atoms with van der Waals surface area (Å²) < 4.78 is 0. The van der Waals surface area contributed by atoms with E-state index in [0.717, 1.165) is 17.8 Å². The maximum atomic E-state index is 11.9. The maximum Gasteiger partial charge on any atom is 0.220 e. The number of H-pyrrole nitrogens is 1. The highest BCUT2D eigenvalue weighted by molar-refractivity contribution is 6.30. The fraction of sp³-hybridized carbons (Fsp3) is 0.211. The van der Waals surface area contributed by atoms with Crippen LogP contribution < -0.4 is 5.32 Å². The van der Waals surface area contributed by atoms with Crippen LogP contribution in [0.15, 0.2) is 54.6 Å². The molecule has 0 aliphatic carbocycles. The topological polar surface area (TPSA) is 70.7 Å². The highest BCUT2D eigenvalue weighted by Crippen LogP contribution is 2.17. The molecule has 5 nitrogen and oxygen atoms in total. The lowest BCUT2D eigenvalue weighted by Gasteiger charge is -2.04. The largest absolute Gasteiger partial charge is 0.356 e.